The second kappa shape index (κ2) is 11.0. The molecule has 0 bridgehead atoms. The van der Waals surface area contributed by atoms with E-state index in [1.165, 1.54) is 7.11 Å². The third kappa shape index (κ3) is 6.23. The van der Waals surface area contributed by atoms with Gasteiger partial charge in [-0.3, -0.25) is 4.79 Å². The summed E-state index contributed by atoms with van der Waals surface area (Å²) in [6, 6.07) is 0. The highest BCUT2D eigenvalue weighted by molar-refractivity contribution is 9.09. The first-order valence-corrected chi connectivity index (χ1v) is 8.19. The molecule has 22 heavy (non-hydrogen) atoms. The van der Waals surface area contributed by atoms with E-state index in [1.54, 1.807) is 7.11 Å². The molecule has 0 aliphatic carbocycles. The number of ether oxygens (including phenoxy) is 5. The van der Waals surface area contributed by atoms with Crippen molar-refractivity contribution in [2.45, 2.75) is 38.1 Å². The Morgan fingerprint density at radius 2 is 2.00 bits per heavy atom. The summed E-state index contributed by atoms with van der Waals surface area (Å²) in [5, 5.41) is 0.603. The molecule has 1 fully saturated rings. The lowest BCUT2D eigenvalue weighted by Gasteiger charge is -2.22. The molecule has 0 N–H and O–H groups in total. The van der Waals surface area contributed by atoms with Crippen LogP contribution in [0.5, 0.6) is 0 Å². The Hall–Kier alpha value is -0.650. The summed E-state index contributed by atoms with van der Waals surface area (Å²) < 4.78 is 26.3. The zero-order valence-corrected chi connectivity index (χ0v) is 14.8. The van der Waals surface area contributed by atoms with Crippen LogP contribution in [0.1, 0.15) is 19.8 Å². The average molecular weight is 379 g/mol. The molecular weight excluding hydrogens is 356 g/mol. The van der Waals surface area contributed by atoms with Gasteiger partial charge in [0, 0.05) is 20.6 Å². The first-order chi connectivity index (χ1) is 10.6. The number of hydrogen-bond donors (Lipinski definition) is 0. The molecule has 2 unspecified atom stereocenters. The minimum Gasteiger partial charge on any atom is -0.460 e. The highest BCUT2D eigenvalue weighted by Crippen LogP contribution is 2.29. The summed E-state index contributed by atoms with van der Waals surface area (Å²) in [6.07, 6.45) is 0.125. The number of cyclic esters (lactones) is 1. The fraction of sp³-hybridized carbons (Fsp3) is 0.800. The number of carbonyl (C=O) groups excluding carboxylic acids is 1. The maximum atomic E-state index is 12.0. The van der Waals surface area contributed by atoms with E-state index < -0.39 is 5.92 Å². The van der Waals surface area contributed by atoms with Crippen LogP contribution < -0.4 is 0 Å². The van der Waals surface area contributed by atoms with Gasteiger partial charge in [-0.1, -0.05) is 27.8 Å². The lowest BCUT2D eigenvalue weighted by Crippen LogP contribution is -2.32. The van der Waals surface area contributed by atoms with Crippen LogP contribution in [0.3, 0.4) is 0 Å². The molecule has 1 aliphatic rings. The average Bonchev–Trinajstić information content (AvgIpc) is 2.76. The molecule has 0 saturated carbocycles. The van der Waals surface area contributed by atoms with E-state index in [-0.39, 0.29) is 37.9 Å². The highest BCUT2D eigenvalue weighted by atomic mass is 79.9. The molecular formula is C15H23BrO6. The Bertz CT molecular complexity index is 391. The summed E-state index contributed by atoms with van der Waals surface area (Å²) in [5.41, 5.74) is 0. The minimum absolute atomic E-state index is 0.120. The molecule has 1 rings (SSSR count). The molecule has 7 heteroatoms. The smallest absolute Gasteiger partial charge is 0.312 e. The summed E-state index contributed by atoms with van der Waals surface area (Å²) in [6.45, 7) is 2.09. The zero-order valence-electron chi connectivity index (χ0n) is 13.2. The summed E-state index contributed by atoms with van der Waals surface area (Å²) in [5.74, 6) is 5.27. The van der Waals surface area contributed by atoms with Crippen molar-refractivity contribution in [1.82, 2.24) is 0 Å². The number of esters is 1. The molecule has 0 spiro atoms. The first-order valence-electron chi connectivity index (χ1n) is 7.07. The van der Waals surface area contributed by atoms with Crippen LogP contribution in [-0.2, 0) is 28.5 Å². The van der Waals surface area contributed by atoms with Crippen LogP contribution >= 0.6 is 15.9 Å². The summed E-state index contributed by atoms with van der Waals surface area (Å²) >= 11 is 3.25. The quantitative estimate of drug-likeness (QED) is 0.263. The fourth-order valence-corrected chi connectivity index (χ4v) is 2.52. The summed E-state index contributed by atoms with van der Waals surface area (Å²) in [7, 11) is 3.09. The molecule has 1 saturated heterocycles. The van der Waals surface area contributed by atoms with E-state index in [0.29, 0.717) is 18.2 Å². The van der Waals surface area contributed by atoms with Gasteiger partial charge in [0.2, 0.25) is 0 Å². The van der Waals surface area contributed by atoms with E-state index in [9.17, 15) is 4.79 Å². The Kier molecular flexibility index (Phi) is 9.68. The SMILES string of the molecule is COCOC1C(C[C@@H](CC#CCBr)OCOC)C(=O)O[C@H]1C. The van der Waals surface area contributed by atoms with E-state index in [0.717, 1.165) is 0 Å². The normalized spacial score (nSPS) is 25.5. The van der Waals surface area contributed by atoms with Crippen LogP contribution in [0, 0.1) is 17.8 Å². The maximum absolute atomic E-state index is 12.0. The van der Waals surface area contributed by atoms with Crippen molar-refractivity contribution in [2.75, 3.05) is 33.1 Å². The molecule has 126 valence electrons. The van der Waals surface area contributed by atoms with Crippen molar-refractivity contribution >= 4 is 21.9 Å². The molecule has 1 aliphatic heterocycles. The third-order valence-electron chi connectivity index (χ3n) is 3.30. The number of halogens is 1. The predicted molar refractivity (Wildman–Crippen MR) is 83.3 cm³/mol. The lowest BCUT2D eigenvalue weighted by molar-refractivity contribution is -0.145. The molecule has 0 amide bonds. The van der Waals surface area contributed by atoms with Crippen molar-refractivity contribution < 1.29 is 28.5 Å². The van der Waals surface area contributed by atoms with E-state index in [2.05, 4.69) is 27.8 Å². The van der Waals surface area contributed by atoms with Crippen LogP contribution in [0.4, 0.5) is 0 Å². The minimum atomic E-state index is -0.391. The molecule has 1 heterocycles. The molecule has 0 aromatic carbocycles. The van der Waals surface area contributed by atoms with Gasteiger partial charge in [-0.2, -0.15) is 0 Å². The molecule has 0 aromatic heterocycles. The van der Waals surface area contributed by atoms with Crippen molar-refractivity contribution in [3.63, 3.8) is 0 Å². The van der Waals surface area contributed by atoms with E-state index in [1.807, 2.05) is 6.92 Å². The third-order valence-corrected chi connectivity index (χ3v) is 3.58. The van der Waals surface area contributed by atoms with Crippen LogP contribution in [-0.4, -0.2) is 57.4 Å². The Balaban J connectivity index is 2.67. The first kappa shape index (κ1) is 19.4. The number of rotatable bonds is 9. The van der Waals surface area contributed by atoms with Crippen molar-refractivity contribution in [1.29, 1.82) is 0 Å². The van der Waals surface area contributed by atoms with Crippen molar-refractivity contribution in [3.05, 3.63) is 0 Å². The second-order valence-corrected chi connectivity index (χ2v) is 5.47. The van der Waals surface area contributed by atoms with Crippen molar-refractivity contribution in [3.8, 4) is 11.8 Å². The monoisotopic (exact) mass is 378 g/mol. The second-order valence-electron chi connectivity index (χ2n) is 4.91. The van der Waals surface area contributed by atoms with Gasteiger partial charge in [0.1, 0.15) is 25.8 Å². The van der Waals surface area contributed by atoms with Gasteiger partial charge < -0.3 is 23.7 Å². The van der Waals surface area contributed by atoms with Gasteiger partial charge in [-0.15, -0.1) is 0 Å². The summed E-state index contributed by atoms with van der Waals surface area (Å²) in [4.78, 5) is 12.0. The topological polar surface area (TPSA) is 63.2 Å². The van der Waals surface area contributed by atoms with E-state index >= 15 is 0 Å². The van der Waals surface area contributed by atoms with Gasteiger partial charge in [0.15, 0.2) is 0 Å². The molecule has 0 radical (unpaired) electrons. The van der Waals surface area contributed by atoms with Crippen molar-refractivity contribution in [2.24, 2.45) is 5.92 Å². The Morgan fingerprint density at radius 1 is 1.27 bits per heavy atom. The van der Waals surface area contributed by atoms with Crippen LogP contribution in [0.2, 0.25) is 0 Å². The fourth-order valence-electron chi connectivity index (χ4n) is 2.32. The standard InChI is InChI=1S/C15H23BrO6/c1-11-14(21-10-19-3)13(15(17)22-11)8-12(20-9-18-2)6-4-5-7-16/h11-14H,6-10H2,1-3H3/t11-,12+,13?,14?/m0/s1. The number of methoxy groups -OCH3 is 2. The lowest BCUT2D eigenvalue weighted by atomic mass is 9.94. The molecule has 4 atom stereocenters. The van der Waals surface area contributed by atoms with Gasteiger partial charge >= 0.3 is 5.97 Å². The van der Waals surface area contributed by atoms with E-state index in [4.69, 9.17) is 23.7 Å². The van der Waals surface area contributed by atoms with Gasteiger partial charge in [-0.05, 0) is 13.3 Å². The van der Waals surface area contributed by atoms with Crippen LogP contribution in [0.15, 0.2) is 0 Å². The number of alkyl halides is 1. The highest BCUT2D eigenvalue weighted by Gasteiger charge is 2.44. The number of hydrogen-bond acceptors (Lipinski definition) is 6. The zero-order chi connectivity index (χ0) is 16.4. The largest absolute Gasteiger partial charge is 0.460 e. The predicted octanol–water partition coefficient (Wildman–Crippen LogP) is 1.70. The molecule has 6 nitrogen and oxygen atoms in total. The van der Waals surface area contributed by atoms with Crippen LogP contribution in [0.25, 0.3) is 0 Å². The van der Waals surface area contributed by atoms with Gasteiger partial charge in [0.25, 0.3) is 0 Å². The Labute approximate surface area is 139 Å². The van der Waals surface area contributed by atoms with Gasteiger partial charge in [0.05, 0.1) is 17.4 Å². The van der Waals surface area contributed by atoms with Gasteiger partial charge in [-0.25, -0.2) is 0 Å². The number of carbonyl (C=O) groups is 1. The molecule has 0 aromatic rings. The maximum Gasteiger partial charge on any atom is 0.312 e. The Morgan fingerprint density at radius 3 is 2.64 bits per heavy atom.